The number of benzene rings is 2. The maximum atomic E-state index is 14.7. The Morgan fingerprint density at radius 2 is 1.60 bits per heavy atom. The predicted octanol–water partition coefficient (Wildman–Crippen LogP) is 4.39. The van der Waals surface area contributed by atoms with Gasteiger partial charge in [0.05, 0.1) is 38.3 Å². The number of aryl methyl sites for hydroxylation is 1. The molecule has 3 aromatic rings. The van der Waals surface area contributed by atoms with Crippen molar-refractivity contribution in [1.29, 1.82) is 0 Å². The highest BCUT2D eigenvalue weighted by Crippen LogP contribution is 2.34. The predicted molar refractivity (Wildman–Crippen MR) is 218 cm³/mol. The van der Waals surface area contributed by atoms with Crippen LogP contribution < -0.4 is 26.1 Å². The van der Waals surface area contributed by atoms with E-state index in [2.05, 4.69) is 26.4 Å². The van der Waals surface area contributed by atoms with Crippen molar-refractivity contribution in [1.82, 2.24) is 36.3 Å². The van der Waals surface area contributed by atoms with Gasteiger partial charge in [-0.15, -0.1) is 0 Å². The van der Waals surface area contributed by atoms with Crippen LogP contribution in [0.5, 0.6) is 5.75 Å². The normalized spacial score (nSPS) is 16.6. The Labute approximate surface area is 337 Å². The van der Waals surface area contributed by atoms with E-state index in [1.165, 1.54) is 7.11 Å². The van der Waals surface area contributed by atoms with Crippen LogP contribution in [0, 0.1) is 23.7 Å². The lowest BCUT2D eigenvalue weighted by atomic mass is 9.75. The first-order valence-corrected chi connectivity index (χ1v) is 19.4. The summed E-state index contributed by atoms with van der Waals surface area (Å²) >= 11 is 0. The lowest BCUT2D eigenvalue weighted by Crippen LogP contribution is -2.60. The molecule has 57 heavy (non-hydrogen) atoms. The maximum absolute atomic E-state index is 14.7. The molecule has 2 aromatic carbocycles. The number of nitrogens with one attached hydrogen (secondary N) is 4. The Hall–Kier alpha value is -5.21. The summed E-state index contributed by atoms with van der Waals surface area (Å²) in [6.45, 7) is 14.1. The molecule has 0 aliphatic carbocycles. The van der Waals surface area contributed by atoms with Crippen molar-refractivity contribution in [3.05, 3.63) is 95.3 Å². The Balaban J connectivity index is 1.63. The van der Waals surface area contributed by atoms with Gasteiger partial charge in [-0.2, -0.15) is 0 Å². The fraction of sp³-hybridized carbons (Fsp3) is 0.512. The monoisotopic (exact) mass is 787 g/mol. The molecule has 2 heterocycles. The van der Waals surface area contributed by atoms with Gasteiger partial charge in [0.2, 0.25) is 5.91 Å². The minimum absolute atomic E-state index is 0.0933. The number of aromatic nitrogens is 1. The number of amides is 5. The second-order valence-electron chi connectivity index (χ2n) is 16.8. The molecule has 1 aliphatic heterocycles. The summed E-state index contributed by atoms with van der Waals surface area (Å²) in [5.74, 6) is -0.805. The topological polar surface area (TPSA) is 174 Å². The third-order valence-corrected chi connectivity index (χ3v) is 10.2. The molecule has 5 N–H and O–H groups in total. The average molecular weight is 788 g/mol. The van der Waals surface area contributed by atoms with Crippen LogP contribution in [0.25, 0.3) is 0 Å². The van der Waals surface area contributed by atoms with Crippen molar-refractivity contribution in [3.63, 3.8) is 0 Å². The van der Waals surface area contributed by atoms with E-state index in [-0.39, 0.29) is 38.0 Å². The first kappa shape index (κ1) is 44.5. The molecule has 1 unspecified atom stereocenters. The first-order chi connectivity index (χ1) is 26.9. The number of rotatable bonds is 17. The molecule has 1 aliphatic rings. The SMILES string of the molecule is COC(=O)N[C@H](C(=O)NN(Cc1ccc(OC)cc1)C[C@H](O)[C@H](Cc1ccccc1)NC(=O)[C@H](C1CNC(=O)N1CCc1cccc(C)n1)C(C)(C)C)C(C)(C)C. The van der Waals surface area contributed by atoms with Gasteiger partial charge in [0.1, 0.15) is 11.8 Å². The summed E-state index contributed by atoms with van der Waals surface area (Å²) < 4.78 is 10.1. The molecule has 0 radical (unpaired) electrons. The molecular formula is C43H61N7O7. The number of ether oxygens (including phenoxy) is 2. The summed E-state index contributed by atoms with van der Waals surface area (Å²) in [7, 11) is 2.80. The molecule has 5 amide bonds. The van der Waals surface area contributed by atoms with E-state index in [4.69, 9.17) is 9.47 Å². The summed E-state index contributed by atoms with van der Waals surface area (Å²) in [5, 5.41) is 22.5. The van der Waals surface area contributed by atoms with E-state index in [1.54, 1.807) is 29.2 Å². The molecule has 1 aromatic heterocycles. The van der Waals surface area contributed by atoms with E-state index in [1.807, 2.05) is 109 Å². The Morgan fingerprint density at radius 1 is 0.912 bits per heavy atom. The molecular weight excluding hydrogens is 727 g/mol. The van der Waals surface area contributed by atoms with Crippen LogP contribution in [0.4, 0.5) is 9.59 Å². The Morgan fingerprint density at radius 3 is 2.19 bits per heavy atom. The number of pyridine rings is 1. The quantitative estimate of drug-likeness (QED) is 0.124. The second kappa shape index (κ2) is 19.8. The molecule has 310 valence electrons. The van der Waals surface area contributed by atoms with Gasteiger partial charge in [-0.25, -0.2) is 14.6 Å². The van der Waals surface area contributed by atoms with Gasteiger partial charge < -0.3 is 35.4 Å². The third kappa shape index (κ3) is 12.9. The molecule has 4 rings (SSSR count). The Bertz CT molecular complexity index is 1790. The zero-order valence-electron chi connectivity index (χ0n) is 34.8. The highest BCUT2D eigenvalue weighted by atomic mass is 16.5. The van der Waals surface area contributed by atoms with Crippen LogP contribution in [0.15, 0.2) is 72.8 Å². The third-order valence-electron chi connectivity index (χ3n) is 10.2. The van der Waals surface area contributed by atoms with E-state index in [0.717, 1.165) is 22.5 Å². The molecule has 0 spiro atoms. The first-order valence-electron chi connectivity index (χ1n) is 19.4. The van der Waals surface area contributed by atoms with E-state index in [0.29, 0.717) is 18.7 Å². The molecule has 5 atom stereocenters. The van der Waals surface area contributed by atoms with Crippen LogP contribution >= 0.6 is 0 Å². The average Bonchev–Trinajstić information content (AvgIpc) is 3.50. The van der Waals surface area contributed by atoms with Crippen LogP contribution in [0.1, 0.15) is 64.1 Å². The molecule has 0 bridgehead atoms. The lowest BCUT2D eigenvalue weighted by molar-refractivity contribution is -0.134. The molecule has 1 saturated heterocycles. The number of carbonyl (C=O) groups excluding carboxylic acids is 4. The summed E-state index contributed by atoms with van der Waals surface area (Å²) in [4.78, 5) is 60.4. The van der Waals surface area contributed by atoms with E-state index < -0.39 is 53.0 Å². The highest BCUT2D eigenvalue weighted by molar-refractivity contribution is 5.86. The number of hydrazine groups is 1. The summed E-state index contributed by atoms with van der Waals surface area (Å²) in [6.07, 6.45) is -1.13. The maximum Gasteiger partial charge on any atom is 0.407 e. The Kier molecular flexibility index (Phi) is 15.4. The van der Waals surface area contributed by atoms with Gasteiger partial charge in [0, 0.05) is 44.0 Å². The number of aliphatic hydroxyl groups excluding tert-OH is 1. The smallest absolute Gasteiger partial charge is 0.407 e. The van der Waals surface area contributed by atoms with Crippen LogP contribution in [0.3, 0.4) is 0 Å². The van der Waals surface area contributed by atoms with Gasteiger partial charge in [0.25, 0.3) is 5.91 Å². The zero-order chi connectivity index (χ0) is 41.9. The fourth-order valence-electron chi connectivity index (χ4n) is 7.19. The van der Waals surface area contributed by atoms with Gasteiger partial charge >= 0.3 is 12.1 Å². The molecule has 14 heteroatoms. The van der Waals surface area contributed by atoms with E-state index >= 15 is 0 Å². The largest absolute Gasteiger partial charge is 0.497 e. The minimum atomic E-state index is -1.19. The number of methoxy groups -OCH3 is 2. The van der Waals surface area contributed by atoms with Crippen molar-refractivity contribution in [2.45, 2.75) is 92.1 Å². The van der Waals surface area contributed by atoms with Crippen molar-refractivity contribution < 1.29 is 33.8 Å². The number of carbonyl (C=O) groups is 4. The van der Waals surface area contributed by atoms with Crippen LogP contribution in [-0.2, 0) is 33.7 Å². The van der Waals surface area contributed by atoms with E-state index in [9.17, 15) is 24.3 Å². The standard InChI is InChI=1S/C43H61N7O7/c1-28-14-13-17-31(45-28)22-23-50-34(25-44-40(50)54)36(42(2,3)4)38(52)46-33(24-29-15-11-10-12-16-29)35(51)27-49(26-30-18-20-32(56-8)21-19-30)48-39(53)37(43(5,6)7)47-41(55)57-9/h10-21,33-37,51H,22-27H2,1-9H3,(H,44,54)(H,46,52)(H,47,55)(H,48,53)/t33-,34?,35-,36-,37+/m0/s1. The van der Waals surface area contributed by atoms with Gasteiger partial charge in [-0.1, -0.05) is 90.1 Å². The van der Waals surface area contributed by atoms with Gasteiger partial charge in [0.15, 0.2) is 0 Å². The number of nitrogens with zero attached hydrogens (tertiary/aromatic N) is 3. The molecule has 1 fully saturated rings. The number of hydrogen-bond acceptors (Lipinski definition) is 9. The van der Waals surface area contributed by atoms with Gasteiger partial charge in [-0.3, -0.25) is 20.0 Å². The molecule has 0 saturated carbocycles. The van der Waals surface area contributed by atoms with Crippen LogP contribution in [-0.4, -0.2) is 102 Å². The van der Waals surface area contributed by atoms with Gasteiger partial charge in [-0.05, 0) is 59.6 Å². The van der Waals surface area contributed by atoms with Crippen molar-refractivity contribution >= 4 is 23.9 Å². The summed E-state index contributed by atoms with van der Waals surface area (Å²) in [6, 6.07) is 20.2. The zero-order valence-corrected chi connectivity index (χ0v) is 34.8. The lowest BCUT2D eigenvalue weighted by Gasteiger charge is -2.39. The second-order valence-corrected chi connectivity index (χ2v) is 16.8. The number of aliphatic hydroxyl groups is 1. The van der Waals surface area contributed by atoms with Crippen LogP contribution in [0.2, 0.25) is 0 Å². The number of alkyl carbamates (subject to hydrolysis) is 1. The number of hydrogen-bond donors (Lipinski definition) is 5. The van der Waals surface area contributed by atoms with Crippen molar-refractivity contribution in [3.8, 4) is 5.75 Å². The molecule has 14 nitrogen and oxygen atoms in total. The fourth-order valence-corrected chi connectivity index (χ4v) is 7.19. The number of urea groups is 1. The summed E-state index contributed by atoms with van der Waals surface area (Å²) in [5.41, 5.74) is 5.10. The van der Waals surface area contributed by atoms with Crippen molar-refractivity contribution in [2.24, 2.45) is 16.7 Å². The highest BCUT2D eigenvalue weighted by Gasteiger charge is 2.46. The minimum Gasteiger partial charge on any atom is -0.497 e. The van der Waals surface area contributed by atoms with Crippen molar-refractivity contribution in [2.75, 3.05) is 33.9 Å².